The Morgan fingerprint density at radius 1 is 1.25 bits per heavy atom. The Morgan fingerprint density at radius 2 is 1.83 bits per heavy atom. The molecule has 0 unspecified atom stereocenters. The first kappa shape index (κ1) is 18.1. The fourth-order valence-corrected chi connectivity index (χ4v) is 3.49. The van der Waals surface area contributed by atoms with Gasteiger partial charge >= 0.3 is 0 Å². The first-order chi connectivity index (χ1) is 11.4. The normalized spacial score (nSPS) is 12.0. The summed E-state index contributed by atoms with van der Waals surface area (Å²) in [6.07, 6.45) is 1.64. The van der Waals surface area contributed by atoms with Crippen LogP contribution in [-0.4, -0.2) is 16.9 Å². The highest BCUT2D eigenvalue weighted by atomic mass is 32.1. The van der Waals surface area contributed by atoms with E-state index in [1.807, 2.05) is 32.0 Å². The number of para-hydroxylation sites is 1. The van der Waals surface area contributed by atoms with Gasteiger partial charge in [-0.15, -0.1) is 11.3 Å². The highest BCUT2D eigenvalue weighted by Crippen LogP contribution is 2.28. The van der Waals surface area contributed by atoms with Crippen molar-refractivity contribution in [3.63, 3.8) is 0 Å². The molecule has 24 heavy (non-hydrogen) atoms. The number of aryl methyl sites for hydroxylation is 3. The molecule has 2 aromatic rings. The van der Waals surface area contributed by atoms with Crippen LogP contribution in [0.25, 0.3) is 0 Å². The molecule has 0 aliphatic heterocycles. The molecule has 1 N–H and O–H groups in total. The molecule has 0 bridgehead atoms. The maximum atomic E-state index is 12.6. The number of nitrogens with zero attached hydrogens (tertiary/aromatic N) is 1. The molecule has 0 fully saturated rings. The Labute approximate surface area is 145 Å². The first-order valence-corrected chi connectivity index (χ1v) is 8.80. The van der Waals surface area contributed by atoms with E-state index >= 15 is 0 Å². The Bertz CT molecular complexity index is 745. The van der Waals surface area contributed by atoms with Gasteiger partial charge in [0.05, 0.1) is 22.5 Å². The Morgan fingerprint density at radius 3 is 2.29 bits per heavy atom. The zero-order valence-corrected chi connectivity index (χ0v) is 15.1. The van der Waals surface area contributed by atoms with Gasteiger partial charge in [-0.25, -0.2) is 4.98 Å². The second-order valence-electron chi connectivity index (χ2n) is 5.62. The second-order valence-corrected chi connectivity index (χ2v) is 6.65. The lowest BCUT2D eigenvalue weighted by atomic mass is 10.0. The summed E-state index contributed by atoms with van der Waals surface area (Å²) in [6.45, 7) is 7.43. The minimum Gasteiger partial charge on any atom is -0.544 e. The molecular formula is C18H21N2O3S-. The summed E-state index contributed by atoms with van der Waals surface area (Å²) in [5.74, 6) is -1.98. The number of carbonyl (C=O) groups excluding carboxylic acids is 2. The number of thiazole rings is 1. The predicted molar refractivity (Wildman–Crippen MR) is 93.4 cm³/mol. The third kappa shape index (κ3) is 3.64. The van der Waals surface area contributed by atoms with Gasteiger partial charge in [0, 0.05) is 5.69 Å². The molecular weight excluding hydrogens is 324 g/mol. The van der Waals surface area contributed by atoms with Gasteiger partial charge in [0.25, 0.3) is 0 Å². The topological polar surface area (TPSA) is 82.1 Å². The van der Waals surface area contributed by atoms with Crippen molar-refractivity contribution in [2.45, 2.75) is 46.5 Å². The van der Waals surface area contributed by atoms with Crippen LogP contribution in [0.3, 0.4) is 0 Å². The molecule has 0 spiro atoms. The zero-order chi connectivity index (χ0) is 17.9. The summed E-state index contributed by atoms with van der Waals surface area (Å²) < 4.78 is 0. The molecule has 1 atom stereocenters. The lowest BCUT2D eigenvalue weighted by molar-refractivity contribution is -0.254. The molecule has 5 nitrogen and oxygen atoms in total. The number of hydrogen-bond acceptors (Lipinski definition) is 5. The van der Waals surface area contributed by atoms with E-state index in [1.165, 1.54) is 0 Å². The van der Waals surface area contributed by atoms with Gasteiger partial charge in [0.1, 0.15) is 5.01 Å². The maximum absolute atomic E-state index is 12.6. The fourth-order valence-electron chi connectivity index (χ4n) is 2.54. The molecule has 0 aliphatic carbocycles. The minimum absolute atomic E-state index is 0.0767. The van der Waals surface area contributed by atoms with Gasteiger partial charge in [-0.2, -0.15) is 0 Å². The number of nitrogens with one attached hydrogen (secondary N) is 1. The molecule has 6 heteroatoms. The lowest BCUT2D eigenvalue weighted by Gasteiger charge is -2.16. The highest BCUT2D eigenvalue weighted by Gasteiger charge is 2.22. The first-order valence-electron chi connectivity index (χ1n) is 7.99. The number of aromatic nitrogens is 1. The van der Waals surface area contributed by atoms with E-state index in [9.17, 15) is 14.7 Å². The number of benzene rings is 1. The number of hydrogen-bond donors (Lipinski definition) is 1. The summed E-state index contributed by atoms with van der Waals surface area (Å²) in [5.41, 5.74) is 3.41. The fraction of sp³-hybridized carbons (Fsp3) is 0.389. The smallest absolute Gasteiger partial charge is 0.234 e. The molecule has 1 heterocycles. The van der Waals surface area contributed by atoms with E-state index in [0.29, 0.717) is 10.7 Å². The Hall–Kier alpha value is -2.21. The van der Waals surface area contributed by atoms with Crippen LogP contribution in [0.4, 0.5) is 5.69 Å². The molecule has 0 radical (unpaired) electrons. The van der Waals surface area contributed by atoms with Gasteiger partial charge in [0.15, 0.2) is 0 Å². The van der Waals surface area contributed by atoms with Crippen LogP contribution < -0.4 is 10.4 Å². The third-order valence-corrected chi connectivity index (χ3v) is 5.33. The molecule has 0 aliphatic rings. The van der Waals surface area contributed by atoms with Crippen molar-refractivity contribution in [2.75, 3.05) is 5.32 Å². The second kappa shape index (κ2) is 7.57. The molecule has 0 saturated carbocycles. The monoisotopic (exact) mass is 345 g/mol. The van der Waals surface area contributed by atoms with E-state index in [2.05, 4.69) is 10.3 Å². The molecule has 2 rings (SSSR count). The van der Waals surface area contributed by atoms with Gasteiger partial charge < -0.3 is 15.2 Å². The number of carboxylic acids is 1. The van der Waals surface area contributed by atoms with Gasteiger partial charge in [0.2, 0.25) is 5.91 Å². The largest absolute Gasteiger partial charge is 0.544 e. The maximum Gasteiger partial charge on any atom is 0.234 e. The Kier molecular flexibility index (Phi) is 5.72. The summed E-state index contributed by atoms with van der Waals surface area (Å²) in [6, 6.07) is 6.00. The lowest BCUT2D eigenvalue weighted by Crippen LogP contribution is -2.21. The van der Waals surface area contributed by atoms with Crippen LogP contribution in [0, 0.1) is 6.92 Å². The van der Waals surface area contributed by atoms with E-state index in [0.717, 1.165) is 41.0 Å². The van der Waals surface area contributed by atoms with Crippen molar-refractivity contribution in [3.05, 3.63) is 44.9 Å². The third-order valence-electron chi connectivity index (χ3n) is 4.01. The van der Waals surface area contributed by atoms with Gasteiger partial charge in [-0.3, -0.25) is 4.79 Å². The summed E-state index contributed by atoms with van der Waals surface area (Å²) in [4.78, 5) is 28.0. The van der Waals surface area contributed by atoms with E-state index in [1.54, 1.807) is 13.8 Å². The standard InChI is InChI=1S/C18H22N2O3S/c1-5-12-8-7-9-13(6-2)14(12)20-16(21)10(3)17-19-11(4)15(24-17)18(22)23/h7-10H,5-6H2,1-4H3,(H,20,21)(H,22,23)/p-1/t10-/m0/s1. The van der Waals surface area contributed by atoms with Gasteiger partial charge in [-0.1, -0.05) is 32.0 Å². The number of carboxylic acid groups (broad SMARTS) is 1. The summed E-state index contributed by atoms with van der Waals surface area (Å²) in [7, 11) is 0. The molecule has 1 aromatic carbocycles. The number of rotatable bonds is 6. The number of aromatic carboxylic acids is 1. The quantitative estimate of drug-likeness (QED) is 0.872. The summed E-state index contributed by atoms with van der Waals surface area (Å²) in [5, 5.41) is 14.5. The van der Waals surface area contributed by atoms with Crippen LogP contribution in [0.2, 0.25) is 0 Å². The SMILES string of the molecule is CCc1cccc(CC)c1NC(=O)[C@H](C)c1nc(C)c(C(=O)[O-])s1. The average molecular weight is 345 g/mol. The van der Waals surface area contributed by atoms with Crippen molar-refractivity contribution >= 4 is 28.9 Å². The average Bonchev–Trinajstić information content (AvgIpc) is 2.96. The van der Waals surface area contributed by atoms with Crippen LogP contribution >= 0.6 is 11.3 Å². The van der Waals surface area contributed by atoms with Crippen molar-refractivity contribution < 1.29 is 14.7 Å². The van der Waals surface area contributed by atoms with Crippen LogP contribution in [0.15, 0.2) is 18.2 Å². The molecule has 1 aromatic heterocycles. The molecule has 1 amide bonds. The zero-order valence-electron chi connectivity index (χ0n) is 14.3. The minimum atomic E-state index is -1.26. The predicted octanol–water partition coefficient (Wildman–Crippen LogP) is 2.68. The van der Waals surface area contributed by atoms with Crippen molar-refractivity contribution in [1.82, 2.24) is 4.98 Å². The highest BCUT2D eigenvalue weighted by molar-refractivity contribution is 7.13. The van der Waals surface area contributed by atoms with Crippen molar-refractivity contribution in [1.29, 1.82) is 0 Å². The number of carbonyl (C=O) groups is 2. The van der Waals surface area contributed by atoms with Crippen LogP contribution in [0.1, 0.15) is 58.2 Å². The van der Waals surface area contributed by atoms with Crippen molar-refractivity contribution in [2.24, 2.45) is 0 Å². The number of anilines is 1. The van der Waals surface area contributed by atoms with E-state index in [-0.39, 0.29) is 10.8 Å². The van der Waals surface area contributed by atoms with Crippen LogP contribution in [0.5, 0.6) is 0 Å². The van der Waals surface area contributed by atoms with Gasteiger partial charge in [-0.05, 0) is 37.8 Å². The Balaban J connectivity index is 2.27. The number of amides is 1. The van der Waals surface area contributed by atoms with Crippen molar-refractivity contribution in [3.8, 4) is 0 Å². The molecule has 128 valence electrons. The van der Waals surface area contributed by atoms with E-state index in [4.69, 9.17) is 0 Å². The van der Waals surface area contributed by atoms with E-state index < -0.39 is 11.9 Å². The molecule has 0 saturated heterocycles. The summed E-state index contributed by atoms with van der Waals surface area (Å²) >= 11 is 1.00. The van der Waals surface area contributed by atoms with Crippen LogP contribution in [-0.2, 0) is 17.6 Å².